The van der Waals surface area contributed by atoms with E-state index in [1.807, 2.05) is 28.0 Å². The van der Waals surface area contributed by atoms with Crippen LogP contribution in [0.4, 0.5) is 5.82 Å². The molecule has 0 unspecified atom stereocenters. The first kappa shape index (κ1) is 7.13. The Hall–Kier alpha value is -0.985. The molecule has 0 radical (unpaired) electrons. The third kappa shape index (κ3) is 1.29. The fourth-order valence-electron chi connectivity index (χ4n) is 0.977. The van der Waals surface area contributed by atoms with Gasteiger partial charge in [0.05, 0.1) is 0 Å². The zero-order valence-corrected chi connectivity index (χ0v) is 6.60. The average Bonchev–Trinajstić information content (AvgIpc) is 1.88. The summed E-state index contributed by atoms with van der Waals surface area (Å²) >= 11 is 0. The lowest BCUT2D eigenvalue weighted by atomic mass is 9.96. The van der Waals surface area contributed by atoms with Crippen LogP contribution in [0.15, 0.2) is 12.3 Å². The Labute approximate surface area is 62.1 Å². The van der Waals surface area contributed by atoms with Crippen molar-refractivity contribution in [2.45, 2.75) is 6.92 Å². The van der Waals surface area contributed by atoms with Gasteiger partial charge in [-0.3, -0.25) is 0 Å². The van der Waals surface area contributed by atoms with Crippen molar-refractivity contribution in [3.05, 3.63) is 17.8 Å². The number of hydrogen-bond acceptors (Lipinski definition) is 2. The van der Waals surface area contributed by atoms with Crippen molar-refractivity contribution < 1.29 is 0 Å². The molecule has 10 heavy (non-hydrogen) atoms. The molecule has 1 aromatic rings. The highest BCUT2D eigenvalue weighted by molar-refractivity contribution is 6.35. The summed E-state index contributed by atoms with van der Waals surface area (Å²) in [5.74, 6) is 0.964. The zero-order valence-electron chi connectivity index (χ0n) is 6.60. The van der Waals surface area contributed by atoms with Gasteiger partial charge in [0.2, 0.25) is 0 Å². The second kappa shape index (κ2) is 2.73. The van der Waals surface area contributed by atoms with Crippen molar-refractivity contribution in [3.63, 3.8) is 0 Å². The van der Waals surface area contributed by atoms with Crippen LogP contribution in [0.3, 0.4) is 0 Å². The molecular weight excluding hydrogens is 123 g/mol. The standard InChI is InChI=1S/C7H11BN2/c1-5-3-6(8)7(9-2)10-4-5/h3-4H,8H2,1-2H3,(H,9,10). The van der Waals surface area contributed by atoms with Crippen molar-refractivity contribution in [3.8, 4) is 0 Å². The molecule has 0 aliphatic carbocycles. The maximum absolute atomic E-state index is 4.19. The van der Waals surface area contributed by atoms with Crippen LogP contribution < -0.4 is 10.8 Å². The van der Waals surface area contributed by atoms with Gasteiger partial charge in [0.1, 0.15) is 13.7 Å². The van der Waals surface area contributed by atoms with Crippen molar-refractivity contribution >= 4 is 19.1 Å². The number of nitrogens with zero attached hydrogens (tertiary/aromatic N) is 1. The number of pyridine rings is 1. The van der Waals surface area contributed by atoms with Crippen LogP contribution in [0.1, 0.15) is 5.56 Å². The molecule has 0 saturated heterocycles. The lowest BCUT2D eigenvalue weighted by Crippen LogP contribution is -2.11. The molecule has 0 fully saturated rings. The molecule has 0 atom stereocenters. The molecule has 1 aromatic heterocycles. The maximum Gasteiger partial charge on any atom is 0.144 e. The number of rotatable bonds is 1. The summed E-state index contributed by atoms with van der Waals surface area (Å²) in [6, 6.07) is 2.11. The van der Waals surface area contributed by atoms with Gasteiger partial charge in [-0.05, 0) is 17.9 Å². The number of aromatic nitrogens is 1. The van der Waals surface area contributed by atoms with Crippen molar-refractivity contribution in [2.24, 2.45) is 0 Å². The monoisotopic (exact) mass is 134 g/mol. The third-order valence-corrected chi connectivity index (χ3v) is 1.45. The molecular formula is C7H11BN2. The van der Waals surface area contributed by atoms with Gasteiger partial charge >= 0.3 is 0 Å². The SMILES string of the molecule is Bc1cc(C)cnc1NC. The Kier molecular flexibility index (Phi) is 1.95. The molecule has 0 bridgehead atoms. The van der Waals surface area contributed by atoms with Gasteiger partial charge in [-0.15, -0.1) is 0 Å². The van der Waals surface area contributed by atoms with Gasteiger partial charge in [0.25, 0.3) is 0 Å². The van der Waals surface area contributed by atoms with Crippen LogP contribution in [-0.4, -0.2) is 19.9 Å². The second-order valence-electron chi connectivity index (χ2n) is 2.43. The molecule has 3 heteroatoms. The van der Waals surface area contributed by atoms with Gasteiger partial charge in [-0.25, -0.2) is 4.98 Å². The first-order valence-electron chi connectivity index (χ1n) is 3.35. The van der Waals surface area contributed by atoms with Crippen molar-refractivity contribution in [1.82, 2.24) is 4.98 Å². The highest BCUT2D eigenvalue weighted by Gasteiger charge is 1.94. The van der Waals surface area contributed by atoms with Gasteiger partial charge in [0, 0.05) is 13.2 Å². The molecule has 1 heterocycles. The highest BCUT2D eigenvalue weighted by atomic mass is 14.9. The lowest BCUT2D eigenvalue weighted by Gasteiger charge is -2.03. The third-order valence-electron chi connectivity index (χ3n) is 1.45. The fraction of sp³-hybridized carbons (Fsp3) is 0.286. The summed E-state index contributed by atoms with van der Waals surface area (Å²) in [5, 5.41) is 3.01. The van der Waals surface area contributed by atoms with E-state index < -0.39 is 0 Å². The van der Waals surface area contributed by atoms with E-state index in [-0.39, 0.29) is 0 Å². The summed E-state index contributed by atoms with van der Waals surface area (Å²) in [6.07, 6.45) is 1.86. The van der Waals surface area contributed by atoms with Gasteiger partial charge in [-0.2, -0.15) is 0 Å². The van der Waals surface area contributed by atoms with E-state index in [0.717, 1.165) is 5.82 Å². The molecule has 1 N–H and O–H groups in total. The molecule has 0 aromatic carbocycles. The number of nitrogens with one attached hydrogen (secondary N) is 1. The summed E-state index contributed by atoms with van der Waals surface area (Å²) in [4.78, 5) is 4.19. The summed E-state index contributed by atoms with van der Waals surface area (Å²) < 4.78 is 0. The largest absolute Gasteiger partial charge is 0.374 e. The van der Waals surface area contributed by atoms with Crippen LogP contribution in [-0.2, 0) is 0 Å². The summed E-state index contributed by atoms with van der Waals surface area (Å²) in [7, 11) is 3.93. The van der Waals surface area contributed by atoms with E-state index in [1.165, 1.54) is 11.0 Å². The quantitative estimate of drug-likeness (QED) is 0.533. The molecule has 52 valence electrons. The highest BCUT2D eigenvalue weighted by Crippen LogP contribution is 1.97. The molecule has 0 aliphatic rings. The Morgan fingerprint density at radius 1 is 1.60 bits per heavy atom. The minimum absolute atomic E-state index is 0.964. The van der Waals surface area contributed by atoms with E-state index in [2.05, 4.69) is 16.4 Å². The molecule has 0 amide bonds. The number of aryl methyl sites for hydroxylation is 1. The predicted octanol–water partition coefficient (Wildman–Crippen LogP) is -0.310. The van der Waals surface area contributed by atoms with Crippen LogP contribution in [0.2, 0.25) is 0 Å². The fourth-order valence-corrected chi connectivity index (χ4v) is 0.977. The maximum atomic E-state index is 4.19. The molecule has 0 spiro atoms. The molecule has 1 rings (SSSR count). The van der Waals surface area contributed by atoms with Crippen molar-refractivity contribution in [2.75, 3.05) is 12.4 Å². The van der Waals surface area contributed by atoms with E-state index in [4.69, 9.17) is 0 Å². The Morgan fingerprint density at radius 3 is 2.80 bits per heavy atom. The smallest absolute Gasteiger partial charge is 0.144 e. The summed E-state index contributed by atoms with van der Waals surface area (Å²) in [6.45, 7) is 2.04. The minimum atomic E-state index is 0.964. The minimum Gasteiger partial charge on any atom is -0.374 e. The number of hydrogen-bond donors (Lipinski definition) is 1. The van der Waals surface area contributed by atoms with Gasteiger partial charge < -0.3 is 5.32 Å². The average molecular weight is 134 g/mol. The van der Waals surface area contributed by atoms with Gasteiger partial charge in [-0.1, -0.05) is 6.07 Å². The second-order valence-corrected chi connectivity index (χ2v) is 2.43. The van der Waals surface area contributed by atoms with E-state index in [9.17, 15) is 0 Å². The Bertz CT molecular complexity index is 235. The zero-order chi connectivity index (χ0) is 7.56. The molecule has 0 saturated carbocycles. The first-order chi connectivity index (χ1) is 4.74. The van der Waals surface area contributed by atoms with Gasteiger partial charge in [0.15, 0.2) is 0 Å². The Balaban J connectivity index is 3.07. The van der Waals surface area contributed by atoms with Crippen LogP contribution in [0.5, 0.6) is 0 Å². The summed E-state index contributed by atoms with van der Waals surface area (Å²) in [5.41, 5.74) is 2.40. The van der Waals surface area contributed by atoms with E-state index >= 15 is 0 Å². The predicted molar refractivity (Wildman–Crippen MR) is 46.7 cm³/mol. The molecule has 0 aliphatic heterocycles. The topological polar surface area (TPSA) is 24.9 Å². The normalized spacial score (nSPS) is 9.40. The first-order valence-corrected chi connectivity index (χ1v) is 3.35. The molecule has 2 nitrogen and oxygen atoms in total. The van der Waals surface area contributed by atoms with E-state index in [1.54, 1.807) is 0 Å². The van der Waals surface area contributed by atoms with Crippen LogP contribution in [0.25, 0.3) is 0 Å². The van der Waals surface area contributed by atoms with Crippen LogP contribution >= 0.6 is 0 Å². The van der Waals surface area contributed by atoms with Crippen LogP contribution in [0, 0.1) is 6.92 Å². The number of anilines is 1. The van der Waals surface area contributed by atoms with E-state index in [0.29, 0.717) is 0 Å². The Morgan fingerprint density at radius 2 is 2.30 bits per heavy atom. The van der Waals surface area contributed by atoms with Crippen molar-refractivity contribution in [1.29, 1.82) is 0 Å². The lowest BCUT2D eigenvalue weighted by molar-refractivity contribution is 1.26.